The van der Waals surface area contributed by atoms with Gasteiger partial charge in [-0.2, -0.15) is 0 Å². The van der Waals surface area contributed by atoms with Crippen molar-refractivity contribution in [2.24, 2.45) is 22.6 Å². The summed E-state index contributed by atoms with van der Waals surface area (Å²) in [6.07, 6.45) is 0.821. The molecule has 3 nitrogen and oxygen atoms in total. The monoisotopic (exact) mass is 157 g/mol. The first kappa shape index (κ1) is 8.97. The van der Waals surface area contributed by atoms with E-state index >= 15 is 0 Å². The molecule has 0 aromatic heterocycles. The van der Waals surface area contributed by atoms with Gasteiger partial charge < -0.3 is 17.2 Å². The van der Waals surface area contributed by atoms with Gasteiger partial charge in [-0.25, -0.2) is 0 Å². The molecule has 0 aliphatic heterocycles. The molecule has 11 heavy (non-hydrogen) atoms. The van der Waals surface area contributed by atoms with Crippen molar-refractivity contribution in [3.05, 3.63) is 0 Å². The van der Waals surface area contributed by atoms with Crippen molar-refractivity contribution in [2.45, 2.75) is 44.8 Å². The van der Waals surface area contributed by atoms with E-state index in [0.29, 0.717) is 0 Å². The summed E-state index contributed by atoms with van der Waals surface area (Å²) in [4.78, 5) is 0. The van der Waals surface area contributed by atoms with Gasteiger partial charge in [-0.3, -0.25) is 0 Å². The third-order valence-electron chi connectivity index (χ3n) is 3.43. The molecule has 3 unspecified atom stereocenters. The zero-order valence-electron chi connectivity index (χ0n) is 7.59. The van der Waals surface area contributed by atoms with Gasteiger partial charge in [0, 0.05) is 17.6 Å². The van der Waals surface area contributed by atoms with Gasteiger partial charge in [-0.15, -0.1) is 0 Å². The summed E-state index contributed by atoms with van der Waals surface area (Å²) < 4.78 is 0. The van der Waals surface area contributed by atoms with E-state index in [1.54, 1.807) is 0 Å². The van der Waals surface area contributed by atoms with Crippen LogP contribution in [-0.4, -0.2) is 17.6 Å². The Morgan fingerprint density at radius 3 is 1.73 bits per heavy atom. The fraction of sp³-hybridized carbons (Fsp3) is 1.00. The average molecular weight is 157 g/mol. The zero-order valence-corrected chi connectivity index (χ0v) is 7.59. The van der Waals surface area contributed by atoms with E-state index in [2.05, 4.69) is 13.8 Å². The molecular formula is C8H19N3. The molecule has 0 bridgehead atoms. The first-order valence-corrected chi connectivity index (χ1v) is 4.09. The SMILES string of the molecule is CC1(N)CC(N)C(N)C1(C)C. The van der Waals surface area contributed by atoms with Crippen LogP contribution >= 0.6 is 0 Å². The Morgan fingerprint density at radius 2 is 1.64 bits per heavy atom. The van der Waals surface area contributed by atoms with Crippen molar-refractivity contribution in [2.75, 3.05) is 0 Å². The van der Waals surface area contributed by atoms with Gasteiger partial charge in [-0.1, -0.05) is 13.8 Å². The van der Waals surface area contributed by atoms with Gasteiger partial charge in [0.1, 0.15) is 0 Å². The van der Waals surface area contributed by atoms with Crippen LogP contribution in [0.15, 0.2) is 0 Å². The van der Waals surface area contributed by atoms with Gasteiger partial charge in [0.15, 0.2) is 0 Å². The fourth-order valence-electron chi connectivity index (χ4n) is 1.80. The first-order chi connectivity index (χ1) is 4.79. The summed E-state index contributed by atoms with van der Waals surface area (Å²) >= 11 is 0. The van der Waals surface area contributed by atoms with E-state index in [0.717, 1.165) is 6.42 Å². The first-order valence-electron chi connectivity index (χ1n) is 4.09. The van der Waals surface area contributed by atoms with Crippen molar-refractivity contribution in [1.82, 2.24) is 0 Å². The van der Waals surface area contributed by atoms with Crippen molar-refractivity contribution >= 4 is 0 Å². The predicted molar refractivity (Wildman–Crippen MR) is 46.9 cm³/mol. The normalized spacial score (nSPS) is 49.6. The van der Waals surface area contributed by atoms with Crippen molar-refractivity contribution < 1.29 is 0 Å². The molecule has 3 atom stereocenters. The van der Waals surface area contributed by atoms with Crippen LogP contribution in [0.3, 0.4) is 0 Å². The quantitative estimate of drug-likeness (QED) is 0.455. The van der Waals surface area contributed by atoms with Gasteiger partial charge in [-0.05, 0) is 18.8 Å². The fourth-order valence-corrected chi connectivity index (χ4v) is 1.80. The molecule has 1 rings (SSSR count). The molecule has 6 N–H and O–H groups in total. The highest BCUT2D eigenvalue weighted by atomic mass is 14.9. The molecule has 0 aromatic carbocycles. The second-order valence-electron chi connectivity index (χ2n) is 4.53. The van der Waals surface area contributed by atoms with Crippen LogP contribution < -0.4 is 17.2 Å². The number of hydrogen-bond acceptors (Lipinski definition) is 3. The molecule has 0 spiro atoms. The van der Waals surface area contributed by atoms with Gasteiger partial charge in [0.05, 0.1) is 0 Å². The summed E-state index contributed by atoms with van der Waals surface area (Å²) in [6.45, 7) is 6.20. The Hall–Kier alpha value is -0.120. The van der Waals surface area contributed by atoms with E-state index < -0.39 is 0 Å². The molecule has 0 radical (unpaired) electrons. The minimum Gasteiger partial charge on any atom is -0.326 e. The van der Waals surface area contributed by atoms with E-state index in [1.165, 1.54) is 0 Å². The Balaban J connectivity index is 2.92. The van der Waals surface area contributed by atoms with Crippen molar-refractivity contribution in [3.63, 3.8) is 0 Å². The number of hydrogen-bond donors (Lipinski definition) is 3. The summed E-state index contributed by atoms with van der Waals surface area (Å²) in [7, 11) is 0. The standard InChI is InChI=1S/C8H19N3/c1-7(2)6(10)5(9)4-8(7,3)11/h5-6H,4,9-11H2,1-3H3. The highest BCUT2D eigenvalue weighted by Crippen LogP contribution is 2.42. The Bertz CT molecular complexity index is 163. The molecule has 0 heterocycles. The molecule has 1 fully saturated rings. The third-order valence-corrected chi connectivity index (χ3v) is 3.43. The smallest absolute Gasteiger partial charge is 0.0262 e. The molecule has 0 aromatic rings. The number of nitrogens with two attached hydrogens (primary N) is 3. The molecule has 66 valence electrons. The maximum Gasteiger partial charge on any atom is 0.0262 e. The second kappa shape index (κ2) is 2.19. The number of rotatable bonds is 0. The lowest BCUT2D eigenvalue weighted by atomic mass is 9.75. The molecule has 0 amide bonds. The summed E-state index contributed by atoms with van der Waals surface area (Å²) in [5, 5.41) is 0. The third kappa shape index (κ3) is 1.08. The second-order valence-corrected chi connectivity index (χ2v) is 4.53. The summed E-state index contributed by atoms with van der Waals surface area (Å²) in [5.74, 6) is 0. The predicted octanol–water partition coefficient (Wildman–Crippen LogP) is -0.212. The molecule has 0 saturated heterocycles. The van der Waals surface area contributed by atoms with Crippen LogP contribution in [0, 0.1) is 5.41 Å². The van der Waals surface area contributed by atoms with Crippen LogP contribution in [-0.2, 0) is 0 Å². The van der Waals surface area contributed by atoms with Gasteiger partial charge in [0.25, 0.3) is 0 Å². The van der Waals surface area contributed by atoms with Crippen molar-refractivity contribution in [3.8, 4) is 0 Å². The minimum absolute atomic E-state index is 0.0255. The Labute approximate surface area is 68.3 Å². The molecular weight excluding hydrogens is 138 g/mol. The highest BCUT2D eigenvalue weighted by Gasteiger charge is 2.51. The molecule has 1 aliphatic rings. The van der Waals surface area contributed by atoms with Crippen LogP contribution in [0.2, 0.25) is 0 Å². The lowest BCUT2D eigenvalue weighted by Crippen LogP contribution is -2.52. The average Bonchev–Trinajstić information content (AvgIpc) is 1.93. The minimum atomic E-state index is -0.216. The topological polar surface area (TPSA) is 78.1 Å². The molecule has 1 aliphatic carbocycles. The Morgan fingerprint density at radius 1 is 1.18 bits per heavy atom. The van der Waals surface area contributed by atoms with Crippen LogP contribution in [0.5, 0.6) is 0 Å². The Kier molecular flexibility index (Phi) is 1.78. The van der Waals surface area contributed by atoms with E-state index in [4.69, 9.17) is 17.2 Å². The van der Waals surface area contributed by atoms with Crippen LogP contribution in [0.25, 0.3) is 0 Å². The largest absolute Gasteiger partial charge is 0.326 e. The van der Waals surface area contributed by atoms with Crippen LogP contribution in [0.4, 0.5) is 0 Å². The summed E-state index contributed by atoms with van der Waals surface area (Å²) in [6, 6.07) is 0.0810. The highest BCUT2D eigenvalue weighted by molar-refractivity contribution is 5.11. The summed E-state index contributed by atoms with van der Waals surface area (Å²) in [5.41, 5.74) is 17.6. The lowest BCUT2D eigenvalue weighted by Gasteiger charge is -2.37. The van der Waals surface area contributed by atoms with E-state index in [9.17, 15) is 0 Å². The molecule has 1 saturated carbocycles. The van der Waals surface area contributed by atoms with Crippen LogP contribution in [0.1, 0.15) is 27.2 Å². The van der Waals surface area contributed by atoms with E-state index in [-0.39, 0.29) is 23.0 Å². The maximum atomic E-state index is 6.08. The van der Waals surface area contributed by atoms with Gasteiger partial charge >= 0.3 is 0 Å². The van der Waals surface area contributed by atoms with E-state index in [1.807, 2.05) is 6.92 Å². The maximum absolute atomic E-state index is 6.08. The van der Waals surface area contributed by atoms with Gasteiger partial charge in [0.2, 0.25) is 0 Å². The zero-order chi connectivity index (χ0) is 8.86. The molecule has 3 heteroatoms. The lowest BCUT2D eigenvalue weighted by molar-refractivity contribution is 0.206. The van der Waals surface area contributed by atoms with Crippen molar-refractivity contribution in [1.29, 1.82) is 0 Å².